The van der Waals surface area contributed by atoms with Crippen molar-refractivity contribution in [2.75, 3.05) is 7.05 Å². The zero-order valence-electron chi connectivity index (χ0n) is 11.4. The molecule has 2 unspecified atom stereocenters. The highest BCUT2D eigenvalue weighted by atomic mass is 14.9. The Labute approximate surface area is 106 Å². The summed E-state index contributed by atoms with van der Waals surface area (Å²) in [5.74, 6) is 1.59. The molecule has 0 saturated heterocycles. The molecule has 1 aromatic rings. The van der Waals surface area contributed by atoms with Crippen molar-refractivity contribution in [1.29, 1.82) is 0 Å². The molecule has 2 atom stereocenters. The normalized spacial score (nSPS) is 19.9. The summed E-state index contributed by atoms with van der Waals surface area (Å²) in [6, 6.07) is 9.57. The first-order valence-corrected chi connectivity index (χ1v) is 6.97. The molecule has 0 saturated carbocycles. The molecule has 1 nitrogen and oxygen atoms in total. The van der Waals surface area contributed by atoms with Crippen molar-refractivity contribution in [3.63, 3.8) is 0 Å². The molecule has 0 fully saturated rings. The van der Waals surface area contributed by atoms with Gasteiger partial charge in [0.15, 0.2) is 0 Å². The molecule has 1 aliphatic carbocycles. The molecule has 0 aliphatic heterocycles. The lowest BCUT2D eigenvalue weighted by atomic mass is 9.72. The first-order valence-electron chi connectivity index (χ1n) is 6.97. The van der Waals surface area contributed by atoms with Gasteiger partial charge in [0, 0.05) is 12.0 Å². The minimum absolute atomic E-state index is 0.670. The second-order valence-corrected chi connectivity index (χ2v) is 5.73. The van der Waals surface area contributed by atoms with E-state index in [9.17, 15) is 0 Å². The molecule has 94 valence electrons. The van der Waals surface area contributed by atoms with Gasteiger partial charge in [-0.25, -0.2) is 0 Å². The van der Waals surface area contributed by atoms with Gasteiger partial charge < -0.3 is 5.32 Å². The number of rotatable bonds is 6. The maximum absolute atomic E-state index is 3.52. The number of benzene rings is 1. The molecule has 1 heteroatoms. The second-order valence-electron chi connectivity index (χ2n) is 5.73. The van der Waals surface area contributed by atoms with Crippen LogP contribution in [0.15, 0.2) is 24.3 Å². The van der Waals surface area contributed by atoms with E-state index in [2.05, 4.69) is 50.5 Å². The van der Waals surface area contributed by atoms with E-state index >= 15 is 0 Å². The van der Waals surface area contributed by atoms with E-state index in [1.54, 1.807) is 11.1 Å². The van der Waals surface area contributed by atoms with Gasteiger partial charge in [0.2, 0.25) is 0 Å². The van der Waals surface area contributed by atoms with Crippen molar-refractivity contribution in [2.24, 2.45) is 5.92 Å². The van der Waals surface area contributed by atoms with Crippen LogP contribution in [0.3, 0.4) is 0 Å². The van der Waals surface area contributed by atoms with Gasteiger partial charge in [-0.05, 0) is 36.9 Å². The molecule has 1 N–H and O–H groups in total. The summed E-state index contributed by atoms with van der Waals surface area (Å²) >= 11 is 0. The molecule has 0 heterocycles. The van der Waals surface area contributed by atoms with Crippen molar-refractivity contribution in [3.05, 3.63) is 35.4 Å². The Morgan fingerprint density at radius 3 is 2.65 bits per heavy atom. The third-order valence-electron chi connectivity index (χ3n) is 4.05. The fourth-order valence-corrected chi connectivity index (χ4v) is 2.95. The van der Waals surface area contributed by atoms with Gasteiger partial charge in [0.05, 0.1) is 0 Å². The monoisotopic (exact) mass is 231 g/mol. The maximum Gasteiger partial charge on any atom is 0.0136 e. The van der Waals surface area contributed by atoms with Gasteiger partial charge in [-0.2, -0.15) is 0 Å². The summed E-state index contributed by atoms with van der Waals surface area (Å²) in [6.07, 6.45) is 5.28. The van der Waals surface area contributed by atoms with Gasteiger partial charge >= 0.3 is 0 Å². The standard InChI is InChI=1S/C16H25N/c1-12(2)7-6-10-16(17-3)15-11-13-8-4-5-9-14(13)15/h4-5,8-9,12,15-17H,6-7,10-11H2,1-3H3. The number of likely N-dealkylation sites (N-methyl/N-ethyl adjacent to an activating group) is 1. The Hall–Kier alpha value is -0.820. The molecule has 0 bridgehead atoms. The van der Waals surface area contributed by atoms with E-state index in [0.717, 1.165) is 11.8 Å². The second kappa shape index (κ2) is 5.68. The van der Waals surface area contributed by atoms with E-state index in [4.69, 9.17) is 0 Å². The summed E-state index contributed by atoms with van der Waals surface area (Å²) in [5, 5.41) is 3.52. The summed E-state index contributed by atoms with van der Waals surface area (Å²) in [5.41, 5.74) is 3.14. The van der Waals surface area contributed by atoms with E-state index in [0.29, 0.717) is 6.04 Å². The topological polar surface area (TPSA) is 12.0 Å². The zero-order chi connectivity index (χ0) is 12.3. The number of hydrogen-bond acceptors (Lipinski definition) is 1. The molecule has 2 rings (SSSR count). The number of nitrogens with one attached hydrogen (secondary N) is 1. The van der Waals surface area contributed by atoms with Gasteiger partial charge in [-0.3, -0.25) is 0 Å². The predicted octanol–water partition coefficient (Wildman–Crippen LogP) is 3.74. The lowest BCUT2D eigenvalue weighted by Gasteiger charge is -2.36. The maximum atomic E-state index is 3.52. The molecular formula is C16H25N. The molecule has 0 aromatic heterocycles. The van der Waals surface area contributed by atoms with Gasteiger partial charge in [-0.1, -0.05) is 51.0 Å². The van der Waals surface area contributed by atoms with E-state index in [-0.39, 0.29) is 0 Å². The fraction of sp³-hybridized carbons (Fsp3) is 0.625. The quantitative estimate of drug-likeness (QED) is 0.786. The van der Waals surface area contributed by atoms with Crippen LogP contribution in [-0.4, -0.2) is 13.1 Å². The Morgan fingerprint density at radius 2 is 2.00 bits per heavy atom. The van der Waals surface area contributed by atoms with Crippen LogP contribution in [-0.2, 0) is 6.42 Å². The third-order valence-corrected chi connectivity index (χ3v) is 4.05. The Morgan fingerprint density at radius 1 is 1.24 bits per heavy atom. The lowest BCUT2D eigenvalue weighted by Crippen LogP contribution is -2.38. The van der Waals surface area contributed by atoms with E-state index in [1.165, 1.54) is 25.7 Å². The number of fused-ring (bicyclic) bond motifs is 1. The van der Waals surface area contributed by atoms with Crippen molar-refractivity contribution >= 4 is 0 Å². The minimum atomic E-state index is 0.670. The van der Waals surface area contributed by atoms with Crippen molar-refractivity contribution in [2.45, 2.75) is 51.5 Å². The third kappa shape index (κ3) is 2.90. The highest BCUT2D eigenvalue weighted by Crippen LogP contribution is 2.38. The lowest BCUT2D eigenvalue weighted by molar-refractivity contribution is 0.379. The average Bonchev–Trinajstić information content (AvgIpc) is 2.28. The highest BCUT2D eigenvalue weighted by molar-refractivity contribution is 5.41. The fourth-order valence-electron chi connectivity index (χ4n) is 2.95. The van der Waals surface area contributed by atoms with Crippen molar-refractivity contribution < 1.29 is 0 Å². The van der Waals surface area contributed by atoms with Crippen LogP contribution < -0.4 is 5.32 Å². The Balaban J connectivity index is 1.89. The van der Waals surface area contributed by atoms with Gasteiger partial charge in [0.25, 0.3) is 0 Å². The first-order chi connectivity index (χ1) is 8.22. The van der Waals surface area contributed by atoms with Crippen LogP contribution in [0.5, 0.6) is 0 Å². The van der Waals surface area contributed by atoms with Crippen LogP contribution in [0.2, 0.25) is 0 Å². The molecular weight excluding hydrogens is 206 g/mol. The van der Waals surface area contributed by atoms with Gasteiger partial charge in [-0.15, -0.1) is 0 Å². The van der Waals surface area contributed by atoms with Crippen molar-refractivity contribution in [1.82, 2.24) is 5.32 Å². The van der Waals surface area contributed by atoms with Gasteiger partial charge in [0.1, 0.15) is 0 Å². The molecule has 1 aliphatic rings. The smallest absolute Gasteiger partial charge is 0.0136 e. The Kier molecular flexibility index (Phi) is 4.22. The van der Waals surface area contributed by atoms with Crippen LogP contribution in [0.1, 0.15) is 50.2 Å². The van der Waals surface area contributed by atoms with Crippen molar-refractivity contribution in [3.8, 4) is 0 Å². The molecule has 17 heavy (non-hydrogen) atoms. The minimum Gasteiger partial charge on any atom is -0.316 e. The molecule has 0 radical (unpaired) electrons. The predicted molar refractivity (Wildman–Crippen MR) is 74.4 cm³/mol. The summed E-state index contributed by atoms with van der Waals surface area (Å²) < 4.78 is 0. The van der Waals surface area contributed by atoms with Crippen LogP contribution in [0, 0.1) is 5.92 Å². The van der Waals surface area contributed by atoms with E-state index < -0.39 is 0 Å². The van der Waals surface area contributed by atoms with E-state index in [1.807, 2.05) is 0 Å². The number of hydrogen-bond donors (Lipinski definition) is 1. The molecule has 0 amide bonds. The summed E-state index contributed by atoms with van der Waals surface area (Å²) in [4.78, 5) is 0. The summed E-state index contributed by atoms with van der Waals surface area (Å²) in [6.45, 7) is 4.63. The SMILES string of the molecule is CNC(CCCC(C)C)C1Cc2ccccc21. The molecule has 0 spiro atoms. The summed E-state index contributed by atoms with van der Waals surface area (Å²) in [7, 11) is 2.11. The van der Waals surface area contributed by atoms with Crippen LogP contribution in [0.4, 0.5) is 0 Å². The van der Waals surface area contributed by atoms with Crippen LogP contribution >= 0.6 is 0 Å². The first kappa shape index (κ1) is 12.6. The Bertz CT molecular complexity index is 356. The van der Waals surface area contributed by atoms with Crippen LogP contribution in [0.25, 0.3) is 0 Å². The largest absolute Gasteiger partial charge is 0.316 e. The molecule has 1 aromatic carbocycles. The average molecular weight is 231 g/mol. The zero-order valence-corrected chi connectivity index (χ0v) is 11.4. The highest BCUT2D eigenvalue weighted by Gasteiger charge is 2.31.